The van der Waals surface area contributed by atoms with Gasteiger partial charge in [-0.25, -0.2) is 4.79 Å². The zero-order valence-electron chi connectivity index (χ0n) is 16.7. The van der Waals surface area contributed by atoms with E-state index in [1.807, 2.05) is 45.0 Å². The Morgan fingerprint density at radius 1 is 1.18 bits per heavy atom. The Morgan fingerprint density at radius 2 is 1.82 bits per heavy atom. The molecule has 1 fully saturated rings. The number of carbonyl (C=O) groups is 2. The maximum atomic E-state index is 12.1. The molecule has 1 aromatic rings. The number of azide groups is 1. The molecule has 2 amide bonds. The molecule has 0 radical (unpaired) electrons. The van der Waals surface area contributed by atoms with Crippen molar-refractivity contribution in [1.29, 1.82) is 0 Å². The van der Waals surface area contributed by atoms with Gasteiger partial charge in [0.25, 0.3) is 0 Å². The molecular formula is C19H28N6O3. The number of nitrogens with zero attached hydrogens (tertiary/aromatic N) is 5. The minimum atomic E-state index is -0.489. The number of carbonyl (C=O) groups excluding carboxylic acids is 2. The highest BCUT2D eigenvalue weighted by molar-refractivity contribution is 5.90. The summed E-state index contributed by atoms with van der Waals surface area (Å²) in [6, 6.07) is 7.64. The molecule has 0 unspecified atom stereocenters. The topological polar surface area (TPSA) is 111 Å². The van der Waals surface area contributed by atoms with Crippen LogP contribution in [0.4, 0.5) is 16.2 Å². The molecule has 0 aromatic heterocycles. The molecule has 9 heteroatoms. The number of hydrogen-bond acceptors (Lipinski definition) is 5. The molecule has 0 aliphatic carbocycles. The molecule has 152 valence electrons. The van der Waals surface area contributed by atoms with Gasteiger partial charge in [-0.3, -0.25) is 4.79 Å². The molecule has 9 nitrogen and oxygen atoms in total. The summed E-state index contributed by atoms with van der Waals surface area (Å²) in [5.41, 5.74) is 9.50. The molecule has 0 bridgehead atoms. The average Bonchev–Trinajstić information content (AvgIpc) is 2.65. The Bertz CT molecular complexity index is 714. The Hall–Kier alpha value is -2.93. The Morgan fingerprint density at radius 3 is 2.39 bits per heavy atom. The molecule has 1 aliphatic heterocycles. The van der Waals surface area contributed by atoms with E-state index in [1.165, 1.54) is 0 Å². The van der Waals surface area contributed by atoms with Gasteiger partial charge in [0.2, 0.25) is 5.91 Å². The van der Waals surface area contributed by atoms with Crippen molar-refractivity contribution in [2.45, 2.75) is 39.2 Å². The van der Waals surface area contributed by atoms with Crippen LogP contribution in [-0.4, -0.2) is 55.2 Å². The summed E-state index contributed by atoms with van der Waals surface area (Å²) < 4.78 is 5.42. The van der Waals surface area contributed by atoms with E-state index < -0.39 is 5.60 Å². The van der Waals surface area contributed by atoms with E-state index >= 15 is 0 Å². The van der Waals surface area contributed by atoms with Gasteiger partial charge in [-0.2, -0.15) is 0 Å². The fraction of sp³-hybridized carbons (Fsp3) is 0.579. The van der Waals surface area contributed by atoms with E-state index in [1.54, 1.807) is 4.90 Å². The highest BCUT2D eigenvalue weighted by atomic mass is 16.6. The SMILES string of the molecule is CC(C)(C)OC(=O)N1CCN(c2ccc(NC(=O)CCCN=[N+]=[N-])cc2)CC1. The lowest BCUT2D eigenvalue weighted by atomic mass is 10.2. The van der Waals surface area contributed by atoms with Gasteiger partial charge in [-0.15, -0.1) is 0 Å². The summed E-state index contributed by atoms with van der Waals surface area (Å²) in [5.74, 6) is -0.105. The standard InChI is InChI=1S/C19H28N6O3/c1-19(2,3)28-18(27)25-13-11-24(12-14-25)16-8-6-15(7-9-16)22-17(26)5-4-10-21-23-20/h6-9H,4-5,10-14H2,1-3H3,(H,22,26). The monoisotopic (exact) mass is 388 g/mol. The fourth-order valence-corrected chi connectivity index (χ4v) is 2.81. The van der Waals surface area contributed by atoms with E-state index in [-0.39, 0.29) is 12.0 Å². The molecule has 1 aliphatic rings. The first-order chi connectivity index (χ1) is 13.3. The van der Waals surface area contributed by atoms with Crippen molar-refractivity contribution < 1.29 is 14.3 Å². The first-order valence-electron chi connectivity index (χ1n) is 9.42. The highest BCUT2D eigenvalue weighted by Gasteiger charge is 2.25. The van der Waals surface area contributed by atoms with E-state index in [2.05, 4.69) is 20.2 Å². The molecule has 1 heterocycles. The molecule has 1 N–H and O–H groups in total. The number of nitrogens with one attached hydrogen (secondary N) is 1. The van der Waals surface area contributed by atoms with Crippen molar-refractivity contribution in [2.24, 2.45) is 5.11 Å². The molecule has 0 saturated carbocycles. The molecular weight excluding hydrogens is 360 g/mol. The van der Waals surface area contributed by atoms with E-state index in [9.17, 15) is 9.59 Å². The first kappa shape index (κ1) is 21.4. The predicted octanol–water partition coefficient (Wildman–Crippen LogP) is 3.77. The third-order valence-corrected chi connectivity index (χ3v) is 4.17. The van der Waals surface area contributed by atoms with Crippen LogP contribution in [0.3, 0.4) is 0 Å². The number of hydrogen-bond donors (Lipinski definition) is 1. The Balaban J connectivity index is 1.80. The Labute approximate surface area is 165 Å². The third-order valence-electron chi connectivity index (χ3n) is 4.17. The minimum absolute atomic E-state index is 0.105. The summed E-state index contributed by atoms with van der Waals surface area (Å²) in [7, 11) is 0. The van der Waals surface area contributed by atoms with Crippen molar-refractivity contribution in [2.75, 3.05) is 42.9 Å². The van der Waals surface area contributed by atoms with Crippen LogP contribution in [0.15, 0.2) is 29.4 Å². The van der Waals surface area contributed by atoms with Crippen molar-refractivity contribution >= 4 is 23.4 Å². The van der Waals surface area contributed by atoms with Crippen LogP contribution >= 0.6 is 0 Å². The molecule has 2 rings (SSSR count). The van der Waals surface area contributed by atoms with Crippen LogP contribution < -0.4 is 10.2 Å². The summed E-state index contributed by atoms with van der Waals surface area (Å²) in [6.07, 6.45) is 0.564. The van der Waals surface area contributed by atoms with Gasteiger partial charge in [-0.1, -0.05) is 5.11 Å². The van der Waals surface area contributed by atoms with Crippen molar-refractivity contribution in [3.05, 3.63) is 34.7 Å². The summed E-state index contributed by atoms with van der Waals surface area (Å²) in [5, 5.41) is 6.24. The normalized spacial score (nSPS) is 14.2. The maximum Gasteiger partial charge on any atom is 0.410 e. The summed E-state index contributed by atoms with van der Waals surface area (Å²) in [4.78, 5) is 30.6. The quantitative estimate of drug-likeness (QED) is 0.346. The molecule has 0 atom stereocenters. The van der Waals surface area contributed by atoms with Crippen LogP contribution in [0.25, 0.3) is 10.4 Å². The second-order valence-corrected chi connectivity index (χ2v) is 7.61. The highest BCUT2D eigenvalue weighted by Crippen LogP contribution is 2.20. The third kappa shape index (κ3) is 7.00. The van der Waals surface area contributed by atoms with Crippen molar-refractivity contribution in [1.82, 2.24) is 4.90 Å². The average molecular weight is 388 g/mol. The van der Waals surface area contributed by atoms with Gasteiger partial charge < -0.3 is 19.9 Å². The largest absolute Gasteiger partial charge is 0.444 e. The number of amides is 2. The molecule has 1 saturated heterocycles. The molecule has 28 heavy (non-hydrogen) atoms. The van der Waals surface area contributed by atoms with E-state index in [4.69, 9.17) is 10.3 Å². The number of anilines is 2. The van der Waals surface area contributed by atoms with Gasteiger partial charge in [0.1, 0.15) is 5.60 Å². The number of ether oxygens (including phenoxy) is 1. The number of rotatable bonds is 6. The van der Waals surface area contributed by atoms with Gasteiger partial charge in [0, 0.05) is 55.4 Å². The first-order valence-corrected chi connectivity index (χ1v) is 9.42. The van der Waals surface area contributed by atoms with Crippen LogP contribution in [0.2, 0.25) is 0 Å². The van der Waals surface area contributed by atoms with E-state index in [0.717, 1.165) is 24.5 Å². The van der Waals surface area contributed by atoms with Crippen LogP contribution in [-0.2, 0) is 9.53 Å². The predicted molar refractivity (Wildman–Crippen MR) is 108 cm³/mol. The van der Waals surface area contributed by atoms with Crippen LogP contribution in [0.5, 0.6) is 0 Å². The number of benzene rings is 1. The molecule has 1 aromatic carbocycles. The fourth-order valence-electron chi connectivity index (χ4n) is 2.81. The summed E-state index contributed by atoms with van der Waals surface area (Å²) >= 11 is 0. The van der Waals surface area contributed by atoms with Crippen LogP contribution in [0.1, 0.15) is 33.6 Å². The van der Waals surface area contributed by atoms with Gasteiger partial charge in [-0.05, 0) is 57.0 Å². The van der Waals surface area contributed by atoms with Crippen molar-refractivity contribution in [3.63, 3.8) is 0 Å². The zero-order valence-corrected chi connectivity index (χ0v) is 16.7. The maximum absolute atomic E-state index is 12.1. The smallest absolute Gasteiger partial charge is 0.410 e. The lowest BCUT2D eigenvalue weighted by Gasteiger charge is -2.36. The Kier molecular flexibility index (Phi) is 7.52. The van der Waals surface area contributed by atoms with Crippen LogP contribution in [0, 0.1) is 0 Å². The van der Waals surface area contributed by atoms with Gasteiger partial charge >= 0.3 is 6.09 Å². The second kappa shape index (κ2) is 9.85. The van der Waals surface area contributed by atoms with E-state index in [0.29, 0.717) is 32.5 Å². The lowest BCUT2D eigenvalue weighted by molar-refractivity contribution is -0.116. The minimum Gasteiger partial charge on any atom is -0.444 e. The molecule has 0 spiro atoms. The van der Waals surface area contributed by atoms with Gasteiger partial charge in [0.05, 0.1) is 0 Å². The second-order valence-electron chi connectivity index (χ2n) is 7.61. The zero-order chi connectivity index (χ0) is 20.6. The van der Waals surface area contributed by atoms with Gasteiger partial charge in [0.15, 0.2) is 0 Å². The summed E-state index contributed by atoms with van der Waals surface area (Å²) in [6.45, 7) is 8.58. The lowest BCUT2D eigenvalue weighted by Crippen LogP contribution is -2.50. The number of piperazine rings is 1. The van der Waals surface area contributed by atoms with Crippen molar-refractivity contribution in [3.8, 4) is 0 Å².